The number of carbonyl (C=O) groups is 4. The van der Waals surface area contributed by atoms with E-state index in [0.717, 1.165) is 10.5 Å². The zero-order chi connectivity index (χ0) is 26.7. The van der Waals surface area contributed by atoms with Crippen LogP contribution in [0.15, 0.2) is 72.3 Å². The zero-order valence-electron chi connectivity index (χ0n) is 19.6. The molecule has 11 heteroatoms. The average molecular weight is 501 g/mol. The van der Waals surface area contributed by atoms with Crippen molar-refractivity contribution in [2.75, 3.05) is 12.0 Å². The van der Waals surface area contributed by atoms with Crippen LogP contribution in [0.5, 0.6) is 11.5 Å². The van der Waals surface area contributed by atoms with Gasteiger partial charge in [-0.1, -0.05) is 18.2 Å². The second-order valence-electron chi connectivity index (χ2n) is 7.90. The van der Waals surface area contributed by atoms with Crippen LogP contribution in [0.1, 0.15) is 21.5 Å². The Hall–Kier alpha value is -5.32. The number of anilines is 1. The number of nitrogens with zero attached hydrogens (tertiary/aromatic N) is 2. The number of imide groups is 2. The number of methoxy groups -OCH3 is 1. The summed E-state index contributed by atoms with van der Waals surface area (Å²) in [4.78, 5) is 61.5. The topological polar surface area (TPSA) is 145 Å². The number of hydrogen-bond donors (Lipinski definition) is 1. The lowest BCUT2D eigenvalue weighted by atomic mass is 10.1. The van der Waals surface area contributed by atoms with Crippen molar-refractivity contribution in [1.29, 1.82) is 0 Å². The fourth-order valence-electron chi connectivity index (χ4n) is 3.56. The van der Waals surface area contributed by atoms with Crippen LogP contribution >= 0.6 is 0 Å². The second kappa shape index (κ2) is 10.1. The number of hydrogen-bond acceptors (Lipinski definition) is 8. The number of nitro groups is 1. The molecule has 0 bridgehead atoms. The predicted molar refractivity (Wildman–Crippen MR) is 131 cm³/mol. The maximum Gasteiger partial charge on any atom is 0.343 e. The van der Waals surface area contributed by atoms with Crippen LogP contribution in [0.3, 0.4) is 0 Å². The molecule has 4 rings (SSSR count). The molecule has 0 radical (unpaired) electrons. The molecule has 37 heavy (non-hydrogen) atoms. The molecule has 0 aromatic heterocycles. The highest BCUT2D eigenvalue weighted by atomic mass is 16.6. The van der Waals surface area contributed by atoms with Gasteiger partial charge in [-0.25, -0.2) is 14.5 Å². The first kappa shape index (κ1) is 24.8. The number of nitrogens with one attached hydrogen (secondary N) is 1. The van der Waals surface area contributed by atoms with E-state index >= 15 is 0 Å². The van der Waals surface area contributed by atoms with E-state index in [-0.39, 0.29) is 28.3 Å². The molecule has 3 aromatic rings. The third-order valence-corrected chi connectivity index (χ3v) is 5.38. The van der Waals surface area contributed by atoms with Crippen molar-refractivity contribution in [3.05, 3.63) is 99.1 Å². The van der Waals surface area contributed by atoms with Crippen LogP contribution in [-0.2, 0) is 9.59 Å². The monoisotopic (exact) mass is 501 g/mol. The lowest BCUT2D eigenvalue weighted by Crippen LogP contribution is -2.54. The summed E-state index contributed by atoms with van der Waals surface area (Å²) in [6, 6.07) is 15.1. The first-order valence-corrected chi connectivity index (χ1v) is 10.8. The summed E-state index contributed by atoms with van der Waals surface area (Å²) in [7, 11) is 1.34. The van der Waals surface area contributed by atoms with Crippen molar-refractivity contribution in [2.24, 2.45) is 0 Å². The van der Waals surface area contributed by atoms with Gasteiger partial charge in [0.15, 0.2) is 11.5 Å². The van der Waals surface area contributed by atoms with Crippen LogP contribution < -0.4 is 19.7 Å². The van der Waals surface area contributed by atoms with Crippen molar-refractivity contribution in [1.82, 2.24) is 5.32 Å². The number of esters is 1. The minimum Gasteiger partial charge on any atom is -0.493 e. The third kappa shape index (κ3) is 5.20. The molecule has 0 unspecified atom stereocenters. The Bertz CT molecular complexity index is 1480. The van der Waals surface area contributed by atoms with Crippen molar-refractivity contribution in [3.63, 3.8) is 0 Å². The Morgan fingerprint density at radius 1 is 1.00 bits per heavy atom. The van der Waals surface area contributed by atoms with Crippen LogP contribution in [-0.4, -0.2) is 35.8 Å². The Labute approximate surface area is 210 Å². The molecule has 1 aliphatic heterocycles. The van der Waals surface area contributed by atoms with E-state index in [4.69, 9.17) is 9.47 Å². The van der Waals surface area contributed by atoms with E-state index in [2.05, 4.69) is 5.32 Å². The molecule has 1 saturated heterocycles. The van der Waals surface area contributed by atoms with Crippen LogP contribution in [0.25, 0.3) is 6.08 Å². The Morgan fingerprint density at radius 3 is 2.38 bits per heavy atom. The van der Waals surface area contributed by atoms with E-state index in [1.807, 2.05) is 0 Å². The highest BCUT2D eigenvalue weighted by Crippen LogP contribution is 2.31. The zero-order valence-corrected chi connectivity index (χ0v) is 19.6. The summed E-state index contributed by atoms with van der Waals surface area (Å²) in [6.07, 6.45) is 1.29. The summed E-state index contributed by atoms with van der Waals surface area (Å²) in [5, 5.41) is 13.0. The Balaban J connectivity index is 1.60. The number of ether oxygens (including phenoxy) is 2. The molecular formula is C26H19N3O8. The van der Waals surface area contributed by atoms with Crippen molar-refractivity contribution in [3.8, 4) is 11.5 Å². The van der Waals surface area contributed by atoms with Gasteiger partial charge in [0.05, 0.1) is 23.3 Å². The number of urea groups is 1. The van der Waals surface area contributed by atoms with Gasteiger partial charge in [0.2, 0.25) is 0 Å². The number of nitro benzene ring substituents is 1. The highest BCUT2D eigenvalue weighted by molar-refractivity contribution is 6.39. The molecule has 186 valence electrons. The van der Waals surface area contributed by atoms with Crippen molar-refractivity contribution >= 4 is 41.3 Å². The molecule has 1 aliphatic rings. The molecule has 4 amide bonds. The van der Waals surface area contributed by atoms with Gasteiger partial charge in [-0.2, -0.15) is 0 Å². The maximum atomic E-state index is 13.1. The number of benzene rings is 3. The smallest absolute Gasteiger partial charge is 0.343 e. The predicted octanol–water partition coefficient (Wildman–Crippen LogP) is 3.80. The molecule has 0 saturated carbocycles. The first-order chi connectivity index (χ1) is 17.7. The molecule has 1 fully saturated rings. The van der Waals surface area contributed by atoms with E-state index in [1.165, 1.54) is 55.7 Å². The van der Waals surface area contributed by atoms with Gasteiger partial charge >= 0.3 is 12.0 Å². The van der Waals surface area contributed by atoms with E-state index in [1.54, 1.807) is 31.2 Å². The largest absolute Gasteiger partial charge is 0.493 e. The van der Waals surface area contributed by atoms with Gasteiger partial charge in [0.25, 0.3) is 17.5 Å². The Kier molecular flexibility index (Phi) is 6.78. The summed E-state index contributed by atoms with van der Waals surface area (Å²) >= 11 is 0. The SMILES string of the molecule is COc1cc(/C=C2\C(=O)NC(=O)N(c3cccc(C)c3)C2=O)ccc1OC(=O)c1ccc([N+](=O)[O-])cc1. The molecule has 11 nitrogen and oxygen atoms in total. The van der Waals surface area contributed by atoms with Crippen LogP contribution in [0.4, 0.5) is 16.2 Å². The number of carbonyl (C=O) groups excluding carboxylic acids is 4. The molecule has 0 atom stereocenters. The molecule has 3 aromatic carbocycles. The minimum absolute atomic E-state index is 0.0454. The fourth-order valence-corrected chi connectivity index (χ4v) is 3.56. The highest BCUT2D eigenvalue weighted by Gasteiger charge is 2.36. The standard InChI is InChI=1S/C26H19N3O8/c1-15-4-3-5-19(12-15)28-24(31)20(23(30)27-26(28)33)13-16-6-11-21(22(14-16)36-2)37-25(32)17-7-9-18(10-8-17)29(34)35/h3-14H,1-2H3,(H,27,30,33)/b20-13+. The number of non-ortho nitro benzene ring substituents is 1. The molecule has 0 spiro atoms. The summed E-state index contributed by atoms with van der Waals surface area (Å²) in [6.45, 7) is 1.81. The lowest BCUT2D eigenvalue weighted by Gasteiger charge is -2.26. The van der Waals surface area contributed by atoms with Crippen molar-refractivity contribution in [2.45, 2.75) is 6.92 Å². The third-order valence-electron chi connectivity index (χ3n) is 5.38. The second-order valence-corrected chi connectivity index (χ2v) is 7.90. The van der Waals surface area contributed by atoms with E-state index < -0.39 is 28.7 Å². The molecule has 0 aliphatic carbocycles. The van der Waals surface area contributed by atoms with Crippen LogP contribution in [0.2, 0.25) is 0 Å². The van der Waals surface area contributed by atoms with Gasteiger partial charge in [-0.15, -0.1) is 0 Å². The quantitative estimate of drug-likeness (QED) is 0.134. The molecule has 1 heterocycles. The first-order valence-electron chi connectivity index (χ1n) is 10.8. The van der Waals surface area contributed by atoms with Gasteiger partial charge in [-0.3, -0.25) is 25.0 Å². The summed E-state index contributed by atoms with van der Waals surface area (Å²) in [5.41, 5.74) is 1.14. The minimum atomic E-state index is -0.858. The summed E-state index contributed by atoms with van der Waals surface area (Å²) in [5.74, 6) is -2.25. The number of aryl methyl sites for hydroxylation is 1. The van der Waals surface area contributed by atoms with Crippen LogP contribution in [0, 0.1) is 17.0 Å². The average Bonchev–Trinajstić information content (AvgIpc) is 2.87. The number of rotatable bonds is 6. The van der Waals surface area contributed by atoms with Crippen molar-refractivity contribution < 1.29 is 33.6 Å². The summed E-state index contributed by atoms with van der Waals surface area (Å²) < 4.78 is 10.6. The fraction of sp³-hybridized carbons (Fsp3) is 0.0769. The normalized spacial score (nSPS) is 14.4. The van der Waals surface area contributed by atoms with Gasteiger partial charge in [0.1, 0.15) is 5.57 Å². The van der Waals surface area contributed by atoms with Gasteiger partial charge < -0.3 is 9.47 Å². The van der Waals surface area contributed by atoms with E-state index in [0.29, 0.717) is 11.3 Å². The number of barbiturate groups is 1. The maximum absolute atomic E-state index is 13.1. The van der Waals surface area contributed by atoms with Gasteiger partial charge in [0, 0.05) is 12.1 Å². The lowest BCUT2D eigenvalue weighted by molar-refractivity contribution is -0.384. The van der Waals surface area contributed by atoms with E-state index in [9.17, 15) is 29.3 Å². The molecule has 1 N–H and O–H groups in total. The van der Waals surface area contributed by atoms with Gasteiger partial charge in [-0.05, 0) is 60.5 Å². The number of amides is 4. The molecular weight excluding hydrogens is 482 g/mol. The Morgan fingerprint density at radius 2 is 1.73 bits per heavy atom.